The molecule has 0 heterocycles. The van der Waals surface area contributed by atoms with Gasteiger partial charge >= 0.3 is 0 Å². The van der Waals surface area contributed by atoms with Crippen molar-refractivity contribution < 1.29 is 34.8 Å². The van der Waals surface area contributed by atoms with Gasteiger partial charge in [-0.25, -0.2) is 0 Å². The molecule has 4 N–H and O–H groups in total. The Morgan fingerprint density at radius 3 is 2.22 bits per heavy atom. The first kappa shape index (κ1) is 27.9. The molecule has 0 radical (unpaired) electrons. The van der Waals surface area contributed by atoms with Crippen molar-refractivity contribution in [3.63, 3.8) is 0 Å². The molecule has 7 nitrogen and oxygen atoms in total. The molecular weight excluding hydrogens is 472 g/mol. The molecule has 37 heavy (non-hydrogen) atoms. The number of aliphatic hydroxyl groups is 4. The number of carbonyl (C=O) groups excluding carboxylic acids is 3. The molecule has 0 saturated heterocycles. The predicted molar refractivity (Wildman–Crippen MR) is 138 cm³/mol. The zero-order chi connectivity index (χ0) is 28.1. The second kappa shape index (κ2) is 7.96. The van der Waals surface area contributed by atoms with E-state index in [2.05, 4.69) is 0 Å². The summed E-state index contributed by atoms with van der Waals surface area (Å²) in [5.41, 5.74) is -5.75. The van der Waals surface area contributed by atoms with Crippen LogP contribution >= 0.6 is 0 Å². The average Bonchev–Trinajstić information content (AvgIpc) is 2.96. The summed E-state index contributed by atoms with van der Waals surface area (Å²) in [4.78, 5) is 40.1. The van der Waals surface area contributed by atoms with Crippen LogP contribution in [0, 0.1) is 39.4 Å². The van der Waals surface area contributed by atoms with Crippen LogP contribution in [0.5, 0.6) is 0 Å². The number of rotatable bonds is 4. The number of ketones is 3. The van der Waals surface area contributed by atoms with Crippen molar-refractivity contribution in [2.24, 2.45) is 39.4 Å². The van der Waals surface area contributed by atoms with E-state index in [4.69, 9.17) is 0 Å². The van der Waals surface area contributed by atoms with Gasteiger partial charge in [-0.05, 0) is 76.4 Å². The summed E-state index contributed by atoms with van der Waals surface area (Å²) in [5.74, 6) is -2.98. The SMILES string of the molecule is CC(C)(O)/C=C/C(=O)[C@](C)(O)[C@H]1[C@@H](O)C[C@@]2(C)C3CC=C4[C@H](C=C(O)C(=O)C4(C)C)[C@@]3(C)C(=O)C[C@@]12C. The monoisotopic (exact) mass is 514 g/mol. The van der Waals surface area contributed by atoms with Gasteiger partial charge in [0, 0.05) is 23.7 Å². The molecule has 0 aliphatic heterocycles. The summed E-state index contributed by atoms with van der Waals surface area (Å²) in [6, 6.07) is 0. The lowest BCUT2D eigenvalue weighted by Crippen LogP contribution is -2.64. The van der Waals surface area contributed by atoms with Crippen molar-refractivity contribution in [3.8, 4) is 0 Å². The molecule has 4 aliphatic rings. The van der Waals surface area contributed by atoms with E-state index in [1.165, 1.54) is 32.9 Å². The quantitative estimate of drug-likeness (QED) is 0.333. The lowest BCUT2D eigenvalue weighted by Gasteiger charge is -2.63. The van der Waals surface area contributed by atoms with Gasteiger partial charge in [0.05, 0.1) is 17.1 Å². The number of aliphatic hydroxyl groups excluding tert-OH is 2. The Balaban J connectivity index is 1.82. The van der Waals surface area contributed by atoms with Crippen molar-refractivity contribution in [2.45, 2.75) is 92.0 Å². The largest absolute Gasteiger partial charge is 0.505 e. The highest BCUT2D eigenvalue weighted by Gasteiger charge is 2.74. The van der Waals surface area contributed by atoms with Crippen LogP contribution in [-0.4, -0.2) is 55.1 Å². The molecule has 7 heteroatoms. The van der Waals surface area contributed by atoms with Crippen LogP contribution in [0.3, 0.4) is 0 Å². The van der Waals surface area contributed by atoms with Crippen LogP contribution in [-0.2, 0) is 14.4 Å². The van der Waals surface area contributed by atoms with E-state index in [1.54, 1.807) is 13.8 Å². The molecule has 1 unspecified atom stereocenters. The van der Waals surface area contributed by atoms with E-state index in [0.29, 0.717) is 12.8 Å². The third-order valence-electron chi connectivity index (χ3n) is 10.8. The van der Waals surface area contributed by atoms with Gasteiger partial charge in [-0.2, -0.15) is 0 Å². The molecular formula is C30H42O7. The molecule has 4 rings (SSSR count). The lowest BCUT2D eigenvalue weighted by molar-refractivity contribution is -0.179. The van der Waals surface area contributed by atoms with Gasteiger partial charge in [0.2, 0.25) is 5.78 Å². The van der Waals surface area contributed by atoms with Crippen molar-refractivity contribution in [1.82, 2.24) is 0 Å². The van der Waals surface area contributed by atoms with Gasteiger partial charge in [0.15, 0.2) is 11.5 Å². The first-order valence-corrected chi connectivity index (χ1v) is 13.2. The average molecular weight is 515 g/mol. The normalized spacial score (nSPS) is 42.9. The highest BCUT2D eigenvalue weighted by atomic mass is 16.3. The van der Waals surface area contributed by atoms with E-state index in [-0.39, 0.29) is 29.7 Å². The van der Waals surface area contributed by atoms with Crippen LogP contribution in [0.4, 0.5) is 0 Å². The Kier molecular flexibility index (Phi) is 6.01. The van der Waals surface area contributed by atoms with E-state index in [9.17, 15) is 34.8 Å². The summed E-state index contributed by atoms with van der Waals surface area (Å²) in [7, 11) is 0. The van der Waals surface area contributed by atoms with Gasteiger partial charge in [-0.1, -0.05) is 38.5 Å². The van der Waals surface area contributed by atoms with Crippen LogP contribution in [0.2, 0.25) is 0 Å². The molecule has 2 saturated carbocycles. The van der Waals surface area contributed by atoms with Crippen LogP contribution < -0.4 is 0 Å². The maximum absolute atomic E-state index is 14.2. The van der Waals surface area contributed by atoms with E-state index < -0.39 is 56.6 Å². The number of fused-ring (bicyclic) bond motifs is 5. The minimum Gasteiger partial charge on any atom is -0.505 e. The van der Waals surface area contributed by atoms with Gasteiger partial charge in [0.25, 0.3) is 0 Å². The minimum absolute atomic E-state index is 0.0453. The third-order valence-corrected chi connectivity index (χ3v) is 10.8. The van der Waals surface area contributed by atoms with E-state index in [1.807, 2.05) is 26.8 Å². The van der Waals surface area contributed by atoms with Gasteiger partial charge in [-0.3, -0.25) is 14.4 Å². The number of allylic oxidation sites excluding steroid dienone is 4. The molecule has 4 aliphatic carbocycles. The van der Waals surface area contributed by atoms with Crippen molar-refractivity contribution >= 4 is 17.3 Å². The second-order valence-electron chi connectivity index (χ2n) is 13.9. The van der Waals surface area contributed by atoms with Crippen molar-refractivity contribution in [3.05, 3.63) is 35.6 Å². The smallest absolute Gasteiger partial charge is 0.206 e. The fourth-order valence-corrected chi connectivity index (χ4v) is 8.58. The first-order chi connectivity index (χ1) is 16.7. The maximum atomic E-state index is 14.2. The second-order valence-corrected chi connectivity index (χ2v) is 13.9. The summed E-state index contributed by atoms with van der Waals surface area (Å²) < 4.78 is 0. The molecule has 2 fully saturated rings. The van der Waals surface area contributed by atoms with E-state index in [0.717, 1.165) is 11.6 Å². The Bertz CT molecular complexity index is 1150. The highest BCUT2D eigenvalue weighted by Crippen LogP contribution is 2.73. The molecule has 0 aromatic heterocycles. The fraction of sp³-hybridized carbons (Fsp3) is 0.700. The minimum atomic E-state index is -1.96. The number of Topliss-reactive ketones (excluding diaryl/α,β-unsaturated/α-hetero) is 2. The van der Waals surface area contributed by atoms with Crippen LogP contribution in [0.1, 0.15) is 74.7 Å². The molecule has 0 amide bonds. The number of carbonyl (C=O) groups is 3. The maximum Gasteiger partial charge on any atom is 0.206 e. The lowest BCUT2D eigenvalue weighted by atomic mass is 9.39. The third kappa shape index (κ3) is 3.60. The predicted octanol–water partition coefficient (Wildman–Crippen LogP) is 3.62. The summed E-state index contributed by atoms with van der Waals surface area (Å²) >= 11 is 0. The van der Waals surface area contributed by atoms with E-state index >= 15 is 0 Å². The standard InChI is InChI=1S/C30H42O7/c1-25(2,36)12-11-21(33)30(8,37)23-19(32)14-27(5)20-10-9-16-17(13-18(31)24(35)26(16,3)4)29(20,7)22(34)15-28(23,27)6/h9,11-13,17,19-20,23,31-32,36-37H,10,14-15H2,1-8H3/b12-11+/t17-,19-,20?,23-,27-,28-,29+,30-/m0/s1. The molecule has 8 atom stereocenters. The zero-order valence-electron chi connectivity index (χ0n) is 23.3. The molecule has 0 spiro atoms. The number of hydrogen-bond donors (Lipinski definition) is 4. The summed E-state index contributed by atoms with van der Waals surface area (Å²) in [6.07, 6.45) is 5.85. The molecule has 204 valence electrons. The van der Waals surface area contributed by atoms with Crippen molar-refractivity contribution in [1.29, 1.82) is 0 Å². The van der Waals surface area contributed by atoms with Gasteiger partial charge in [0.1, 0.15) is 11.4 Å². The van der Waals surface area contributed by atoms with Crippen molar-refractivity contribution in [2.75, 3.05) is 0 Å². The highest BCUT2D eigenvalue weighted by molar-refractivity contribution is 6.02. The summed E-state index contributed by atoms with van der Waals surface area (Å²) in [5, 5.41) is 43.6. The van der Waals surface area contributed by atoms with Gasteiger partial charge in [-0.15, -0.1) is 0 Å². The topological polar surface area (TPSA) is 132 Å². The van der Waals surface area contributed by atoms with Crippen LogP contribution in [0.25, 0.3) is 0 Å². The molecule has 0 aromatic carbocycles. The Labute approximate surface area is 219 Å². The Morgan fingerprint density at radius 1 is 1.05 bits per heavy atom. The fourth-order valence-electron chi connectivity index (χ4n) is 8.58. The summed E-state index contributed by atoms with van der Waals surface area (Å²) in [6.45, 7) is 13.8. The zero-order valence-corrected chi connectivity index (χ0v) is 23.3. The number of hydrogen-bond acceptors (Lipinski definition) is 7. The first-order valence-electron chi connectivity index (χ1n) is 13.2. The Morgan fingerprint density at radius 2 is 1.65 bits per heavy atom. The Hall–Kier alpha value is -2.09. The van der Waals surface area contributed by atoms with Gasteiger partial charge < -0.3 is 20.4 Å². The van der Waals surface area contributed by atoms with Crippen LogP contribution in [0.15, 0.2) is 35.6 Å². The molecule has 0 aromatic rings. The molecule has 0 bridgehead atoms.